The molecule has 1 aliphatic carbocycles. The fourth-order valence-electron chi connectivity index (χ4n) is 3.67. The molecule has 3 aromatic rings. The SMILES string of the molecule is Nc1cnc(NCC2CCCCC2)nc1-c1c[nH]c2ncc(C(F)(F)F)cc12. The van der Waals surface area contributed by atoms with E-state index >= 15 is 0 Å². The summed E-state index contributed by atoms with van der Waals surface area (Å²) in [6.45, 7) is 0.775. The van der Waals surface area contributed by atoms with Crippen LogP contribution in [0.3, 0.4) is 0 Å². The molecule has 0 bridgehead atoms. The summed E-state index contributed by atoms with van der Waals surface area (Å²) in [7, 11) is 0. The number of halogens is 3. The summed E-state index contributed by atoms with van der Waals surface area (Å²) in [5.74, 6) is 1.01. The fraction of sp³-hybridized carbons (Fsp3) is 0.421. The molecule has 148 valence electrons. The number of pyridine rings is 1. The van der Waals surface area contributed by atoms with Gasteiger partial charge in [0.25, 0.3) is 0 Å². The number of aromatic nitrogens is 4. The van der Waals surface area contributed by atoms with Crippen LogP contribution in [0.25, 0.3) is 22.3 Å². The molecule has 0 radical (unpaired) electrons. The summed E-state index contributed by atoms with van der Waals surface area (Å²) >= 11 is 0. The van der Waals surface area contributed by atoms with Crippen LogP contribution in [-0.2, 0) is 6.18 Å². The Morgan fingerprint density at radius 1 is 1.14 bits per heavy atom. The minimum absolute atomic E-state index is 0.293. The van der Waals surface area contributed by atoms with Crippen molar-refractivity contribution >= 4 is 22.7 Å². The second-order valence-corrected chi connectivity index (χ2v) is 7.20. The third kappa shape index (κ3) is 3.74. The monoisotopic (exact) mass is 390 g/mol. The first-order valence-electron chi connectivity index (χ1n) is 9.33. The molecule has 4 rings (SSSR count). The summed E-state index contributed by atoms with van der Waals surface area (Å²) in [5.41, 5.74) is 6.70. The van der Waals surface area contributed by atoms with E-state index in [9.17, 15) is 13.2 Å². The Bertz CT molecular complexity index is 975. The van der Waals surface area contributed by atoms with Crippen LogP contribution in [0.4, 0.5) is 24.8 Å². The molecule has 0 aromatic carbocycles. The second-order valence-electron chi connectivity index (χ2n) is 7.20. The van der Waals surface area contributed by atoms with Crippen LogP contribution in [0.2, 0.25) is 0 Å². The largest absolute Gasteiger partial charge is 0.417 e. The van der Waals surface area contributed by atoms with Crippen LogP contribution in [0.15, 0.2) is 24.7 Å². The topological polar surface area (TPSA) is 92.5 Å². The number of nitrogens with one attached hydrogen (secondary N) is 2. The highest BCUT2D eigenvalue weighted by molar-refractivity contribution is 5.95. The van der Waals surface area contributed by atoms with Crippen LogP contribution < -0.4 is 11.1 Å². The number of nitrogens with zero attached hydrogens (tertiary/aromatic N) is 3. The van der Waals surface area contributed by atoms with Crippen molar-refractivity contribution in [3.63, 3.8) is 0 Å². The van der Waals surface area contributed by atoms with E-state index in [-0.39, 0.29) is 0 Å². The molecule has 0 spiro atoms. The predicted molar refractivity (Wildman–Crippen MR) is 102 cm³/mol. The molecule has 3 aromatic heterocycles. The predicted octanol–water partition coefficient (Wildman–Crippen LogP) is 4.61. The molecule has 9 heteroatoms. The normalized spacial score (nSPS) is 15.8. The maximum atomic E-state index is 13.1. The number of rotatable bonds is 4. The van der Waals surface area contributed by atoms with Gasteiger partial charge in [-0.3, -0.25) is 0 Å². The van der Waals surface area contributed by atoms with Crippen LogP contribution in [0.5, 0.6) is 0 Å². The minimum atomic E-state index is -4.47. The van der Waals surface area contributed by atoms with Gasteiger partial charge in [0.15, 0.2) is 0 Å². The quantitative estimate of drug-likeness (QED) is 0.605. The lowest BCUT2D eigenvalue weighted by atomic mass is 9.89. The lowest BCUT2D eigenvalue weighted by Gasteiger charge is -2.21. The number of alkyl halides is 3. The van der Waals surface area contributed by atoms with Gasteiger partial charge in [0.2, 0.25) is 5.95 Å². The minimum Gasteiger partial charge on any atom is -0.396 e. The lowest BCUT2D eigenvalue weighted by Crippen LogP contribution is -2.18. The number of nitrogen functional groups attached to an aromatic ring is 1. The molecule has 0 amide bonds. The molecule has 1 aliphatic rings. The third-order valence-corrected chi connectivity index (χ3v) is 5.20. The first-order valence-corrected chi connectivity index (χ1v) is 9.33. The van der Waals surface area contributed by atoms with E-state index in [1.54, 1.807) is 6.20 Å². The van der Waals surface area contributed by atoms with Gasteiger partial charge >= 0.3 is 6.18 Å². The van der Waals surface area contributed by atoms with Gasteiger partial charge in [-0.2, -0.15) is 13.2 Å². The number of nitrogens with two attached hydrogens (primary N) is 1. The Morgan fingerprint density at radius 3 is 2.68 bits per heavy atom. The Hall–Kier alpha value is -2.84. The van der Waals surface area contributed by atoms with Crippen molar-refractivity contribution < 1.29 is 13.2 Å². The summed E-state index contributed by atoms with van der Waals surface area (Å²) in [5, 5.41) is 3.56. The van der Waals surface area contributed by atoms with E-state index in [4.69, 9.17) is 5.73 Å². The molecule has 0 unspecified atom stereocenters. The van der Waals surface area contributed by atoms with E-state index in [1.807, 2.05) is 0 Å². The average Bonchev–Trinajstić information content (AvgIpc) is 3.10. The Kier molecular flexibility index (Phi) is 4.82. The van der Waals surface area contributed by atoms with E-state index in [2.05, 4.69) is 25.3 Å². The molecule has 6 nitrogen and oxygen atoms in total. The Morgan fingerprint density at radius 2 is 1.93 bits per heavy atom. The van der Waals surface area contributed by atoms with E-state index in [0.717, 1.165) is 18.8 Å². The highest BCUT2D eigenvalue weighted by atomic mass is 19.4. The van der Waals surface area contributed by atoms with E-state index in [1.165, 1.54) is 38.3 Å². The molecule has 3 heterocycles. The van der Waals surface area contributed by atoms with Crippen molar-refractivity contribution in [2.24, 2.45) is 5.92 Å². The molecule has 1 fully saturated rings. The van der Waals surface area contributed by atoms with Crippen molar-refractivity contribution in [2.75, 3.05) is 17.6 Å². The standard InChI is InChI=1S/C19H21F3N6/c20-19(21,22)12-6-13-14(9-25-17(13)24-8-12)16-15(23)10-27-18(28-16)26-7-11-4-2-1-3-5-11/h6,8-11H,1-5,7,23H2,(H,24,25)(H,26,27,28). The number of hydrogen-bond acceptors (Lipinski definition) is 5. The average molecular weight is 390 g/mol. The zero-order chi connectivity index (χ0) is 19.7. The molecule has 28 heavy (non-hydrogen) atoms. The second kappa shape index (κ2) is 7.29. The van der Waals surface area contributed by atoms with Gasteiger partial charge in [-0.1, -0.05) is 19.3 Å². The van der Waals surface area contributed by atoms with Gasteiger partial charge in [0.05, 0.1) is 17.4 Å². The smallest absolute Gasteiger partial charge is 0.396 e. The van der Waals surface area contributed by atoms with E-state index < -0.39 is 11.7 Å². The van der Waals surface area contributed by atoms with Crippen molar-refractivity contribution in [3.05, 3.63) is 30.2 Å². The van der Waals surface area contributed by atoms with Crippen LogP contribution >= 0.6 is 0 Å². The number of fused-ring (bicyclic) bond motifs is 1. The maximum Gasteiger partial charge on any atom is 0.417 e. The van der Waals surface area contributed by atoms with Crippen molar-refractivity contribution in [2.45, 2.75) is 38.3 Å². The van der Waals surface area contributed by atoms with Crippen molar-refractivity contribution in [1.82, 2.24) is 19.9 Å². The number of aromatic amines is 1. The van der Waals surface area contributed by atoms with E-state index in [0.29, 0.717) is 39.8 Å². The first kappa shape index (κ1) is 18.5. The first-order chi connectivity index (χ1) is 13.4. The van der Waals surface area contributed by atoms with Gasteiger partial charge in [-0.15, -0.1) is 0 Å². The molecule has 0 saturated heterocycles. The number of H-pyrrole nitrogens is 1. The van der Waals surface area contributed by atoms with Crippen LogP contribution in [0.1, 0.15) is 37.7 Å². The van der Waals surface area contributed by atoms with Gasteiger partial charge in [0.1, 0.15) is 11.3 Å². The van der Waals surface area contributed by atoms with Crippen molar-refractivity contribution in [3.8, 4) is 11.3 Å². The zero-order valence-corrected chi connectivity index (χ0v) is 15.2. The number of hydrogen-bond donors (Lipinski definition) is 3. The summed E-state index contributed by atoms with van der Waals surface area (Å²) in [4.78, 5) is 15.4. The van der Waals surface area contributed by atoms with Gasteiger partial charge < -0.3 is 16.0 Å². The molecule has 1 saturated carbocycles. The molecule has 0 atom stereocenters. The van der Waals surface area contributed by atoms with Gasteiger partial charge in [-0.25, -0.2) is 15.0 Å². The van der Waals surface area contributed by atoms with Gasteiger partial charge in [0, 0.05) is 29.9 Å². The Labute approximate surface area is 159 Å². The fourth-order valence-corrected chi connectivity index (χ4v) is 3.67. The molecule has 4 N–H and O–H groups in total. The van der Waals surface area contributed by atoms with Crippen LogP contribution in [0, 0.1) is 5.92 Å². The van der Waals surface area contributed by atoms with Crippen LogP contribution in [-0.4, -0.2) is 26.5 Å². The van der Waals surface area contributed by atoms with Gasteiger partial charge in [-0.05, 0) is 24.8 Å². The molecule has 0 aliphatic heterocycles. The van der Waals surface area contributed by atoms with Crippen molar-refractivity contribution in [1.29, 1.82) is 0 Å². The maximum absolute atomic E-state index is 13.1. The third-order valence-electron chi connectivity index (χ3n) is 5.20. The lowest BCUT2D eigenvalue weighted by molar-refractivity contribution is -0.137. The Balaban J connectivity index is 1.64. The summed E-state index contributed by atoms with van der Waals surface area (Å²) in [6, 6.07) is 1.06. The highest BCUT2D eigenvalue weighted by Gasteiger charge is 2.31. The molecular weight excluding hydrogens is 369 g/mol. The highest BCUT2D eigenvalue weighted by Crippen LogP contribution is 2.35. The summed E-state index contributed by atoms with van der Waals surface area (Å²) < 4.78 is 39.2. The number of anilines is 2. The zero-order valence-electron chi connectivity index (χ0n) is 15.2. The summed E-state index contributed by atoms with van der Waals surface area (Å²) in [6.07, 6.45) is 5.52. The molecular formula is C19H21F3N6.